The first kappa shape index (κ1) is 56.2. The van der Waals surface area contributed by atoms with Crippen LogP contribution >= 0.6 is 0 Å². The molecule has 0 aromatic heterocycles. The Hall–Kier alpha value is -8.54. The molecule has 0 unspecified atom stereocenters. The van der Waals surface area contributed by atoms with Crippen molar-refractivity contribution in [1.82, 2.24) is 16.0 Å². The van der Waals surface area contributed by atoms with Gasteiger partial charge < -0.3 is 57.6 Å². The van der Waals surface area contributed by atoms with E-state index in [9.17, 15) is 39.0 Å². The number of amides is 6. The van der Waals surface area contributed by atoms with Crippen molar-refractivity contribution < 1.29 is 53.2 Å². The molecule has 402 valence electrons. The maximum Gasteiger partial charge on any atom is 0.412 e. The van der Waals surface area contributed by atoms with Crippen molar-refractivity contribution in [3.05, 3.63) is 162 Å². The van der Waals surface area contributed by atoms with Gasteiger partial charge in [0.15, 0.2) is 0 Å². The highest BCUT2D eigenvalue weighted by atomic mass is 16.6. The minimum atomic E-state index is -0.505. The summed E-state index contributed by atoms with van der Waals surface area (Å²) in [4.78, 5) is 70.3. The second-order valence-corrected chi connectivity index (χ2v) is 19.4. The highest BCUT2D eigenvalue weighted by Crippen LogP contribution is 2.29. The van der Waals surface area contributed by atoms with E-state index in [4.69, 9.17) is 31.4 Å². The zero-order chi connectivity index (χ0) is 54.7. The predicted octanol–water partition coefficient (Wildman–Crippen LogP) is 9.56. The van der Waals surface area contributed by atoms with Gasteiger partial charge in [0.05, 0.1) is 12.2 Å². The van der Waals surface area contributed by atoms with Gasteiger partial charge in [-0.3, -0.25) is 14.4 Å². The smallest absolute Gasteiger partial charge is 0.410 e. The van der Waals surface area contributed by atoms with Crippen molar-refractivity contribution >= 4 is 36.0 Å². The Morgan fingerprint density at radius 3 is 0.896 bits per heavy atom. The number of aliphatic hydroxyl groups is 2. The number of carbonyl (C=O) groups excluding carboxylic acids is 6. The zero-order valence-electron chi connectivity index (χ0n) is 42.7. The van der Waals surface area contributed by atoms with E-state index in [1.165, 1.54) is 6.42 Å². The molecule has 3 fully saturated rings. The van der Waals surface area contributed by atoms with Crippen LogP contribution < -0.4 is 47.4 Å². The van der Waals surface area contributed by atoms with Crippen LogP contribution in [0, 0.1) is 0 Å². The first-order chi connectivity index (χ1) is 37.1. The maximum atomic E-state index is 12.1. The number of rotatable bonds is 12. The molecule has 0 bridgehead atoms. The lowest BCUT2D eigenvalue weighted by molar-refractivity contribution is 0.0992. The van der Waals surface area contributed by atoms with E-state index in [0.29, 0.717) is 59.6 Å². The third kappa shape index (κ3) is 17.8. The summed E-state index contributed by atoms with van der Waals surface area (Å²) >= 11 is 0. The van der Waals surface area contributed by atoms with E-state index in [1.807, 2.05) is 42.5 Å². The fourth-order valence-electron chi connectivity index (χ4n) is 9.37. The van der Waals surface area contributed by atoms with Crippen LogP contribution in [0.1, 0.15) is 115 Å². The number of hydrogen-bond donors (Lipinski definition) is 8. The molecule has 0 spiro atoms. The Bertz CT molecular complexity index is 2860. The van der Waals surface area contributed by atoms with Gasteiger partial charge >= 0.3 is 18.3 Å². The molecule has 0 saturated heterocycles. The van der Waals surface area contributed by atoms with E-state index >= 15 is 0 Å². The van der Waals surface area contributed by atoms with Crippen LogP contribution in [0.2, 0.25) is 0 Å². The van der Waals surface area contributed by atoms with Crippen molar-refractivity contribution in [3.63, 3.8) is 0 Å². The molecule has 6 aromatic rings. The Morgan fingerprint density at radius 2 is 0.610 bits per heavy atom. The van der Waals surface area contributed by atoms with Crippen LogP contribution in [0.4, 0.5) is 14.4 Å². The van der Waals surface area contributed by atoms with Gasteiger partial charge in [-0.25, -0.2) is 14.4 Å². The number of nitrogens with two attached hydrogens (primary N) is 3. The summed E-state index contributed by atoms with van der Waals surface area (Å²) in [6, 6.07) is 42.7. The maximum absolute atomic E-state index is 12.1. The molecule has 0 radical (unpaired) electrons. The number of primary amides is 3. The van der Waals surface area contributed by atoms with Gasteiger partial charge in [0.2, 0.25) is 17.7 Å². The minimum absolute atomic E-state index is 0.0290. The van der Waals surface area contributed by atoms with Crippen LogP contribution in [0.15, 0.2) is 146 Å². The summed E-state index contributed by atoms with van der Waals surface area (Å²) in [5, 5.41) is 27.6. The first-order valence-electron chi connectivity index (χ1n) is 26.0. The highest BCUT2D eigenvalue weighted by molar-refractivity contribution is 5.95. The topological polar surface area (TPSA) is 285 Å². The Morgan fingerprint density at radius 1 is 0.351 bits per heavy atom. The molecule has 0 atom stereocenters. The molecule has 6 aromatic carbocycles. The van der Waals surface area contributed by atoms with Crippen molar-refractivity contribution in [2.45, 2.75) is 114 Å². The van der Waals surface area contributed by atoms with Crippen LogP contribution in [0.25, 0.3) is 33.4 Å². The fourth-order valence-corrected chi connectivity index (χ4v) is 9.37. The van der Waals surface area contributed by atoms with Crippen molar-refractivity contribution in [2.75, 3.05) is 0 Å². The third-order valence-electron chi connectivity index (χ3n) is 13.5. The quantitative estimate of drug-likeness (QED) is 0.0571. The van der Waals surface area contributed by atoms with Gasteiger partial charge in [-0.2, -0.15) is 0 Å². The molecule has 0 aliphatic heterocycles. The van der Waals surface area contributed by atoms with Crippen molar-refractivity contribution in [1.29, 1.82) is 0 Å². The van der Waals surface area contributed by atoms with Crippen LogP contribution in [-0.2, 0) is 0 Å². The van der Waals surface area contributed by atoms with Gasteiger partial charge in [-0.05, 0) is 170 Å². The molecule has 3 aliphatic carbocycles. The first-order valence-corrected chi connectivity index (χ1v) is 26.0. The van der Waals surface area contributed by atoms with Crippen LogP contribution in [-0.4, -0.2) is 76.5 Å². The number of carbonyl (C=O) groups is 6. The number of ether oxygens (including phenoxy) is 3. The number of hydrogen-bond acceptors (Lipinski definition) is 11. The summed E-state index contributed by atoms with van der Waals surface area (Å²) in [6.07, 6.45) is 9.34. The second kappa shape index (κ2) is 27.8. The van der Waals surface area contributed by atoms with Gasteiger partial charge in [0.1, 0.15) is 17.2 Å². The molecule has 3 saturated carbocycles. The van der Waals surface area contributed by atoms with Crippen LogP contribution in [0.5, 0.6) is 17.2 Å². The third-order valence-corrected chi connectivity index (χ3v) is 13.5. The predicted molar refractivity (Wildman–Crippen MR) is 292 cm³/mol. The van der Waals surface area contributed by atoms with Crippen LogP contribution in [0.3, 0.4) is 0 Å². The molecule has 6 amide bonds. The molecule has 11 N–H and O–H groups in total. The molecular formula is C60H66N6O11. The molecular weight excluding hydrogens is 981 g/mol. The van der Waals surface area contributed by atoms with Crippen molar-refractivity contribution in [2.24, 2.45) is 17.2 Å². The monoisotopic (exact) mass is 1050 g/mol. The van der Waals surface area contributed by atoms with Gasteiger partial charge in [0.25, 0.3) is 0 Å². The lowest BCUT2D eigenvalue weighted by Gasteiger charge is -2.25. The van der Waals surface area contributed by atoms with E-state index in [2.05, 4.69) is 16.0 Å². The van der Waals surface area contributed by atoms with Gasteiger partial charge in [-0.15, -0.1) is 0 Å². The lowest BCUT2D eigenvalue weighted by atomic mass is 9.93. The summed E-state index contributed by atoms with van der Waals surface area (Å²) in [5.74, 6) is -0.149. The summed E-state index contributed by atoms with van der Waals surface area (Å²) in [6.45, 7) is 0. The number of benzene rings is 6. The lowest BCUT2D eigenvalue weighted by Crippen LogP contribution is -2.40. The summed E-state index contributed by atoms with van der Waals surface area (Å²) in [5.41, 5.74) is 22.2. The second-order valence-electron chi connectivity index (χ2n) is 19.4. The molecule has 17 heteroatoms. The standard InChI is InChI=1S/2C20H22N2O4.C20H22N2O3/c2*21-19(24)15-5-1-3-13(11-15)14-4-2-6-18(12-14)26-20(25)22-16-7-9-17(23)10-8-16;21-19(23)16-8-4-6-14(12-16)15-7-5-11-18(13-15)25-20(24)22-17-9-2-1-3-10-17/h2*1-6,11-12,16-17,23H,7-10H2,(H2,21,24)(H,22,25);4-8,11-13,17H,1-3,9-10H2,(H2,21,23)(H,22,24). The Labute approximate surface area is 447 Å². The van der Waals surface area contributed by atoms with E-state index in [1.54, 1.807) is 103 Å². The molecule has 0 heterocycles. The average Bonchev–Trinajstić information content (AvgIpc) is 3.43. The Balaban J connectivity index is 0.000000168. The zero-order valence-corrected chi connectivity index (χ0v) is 42.7. The highest BCUT2D eigenvalue weighted by Gasteiger charge is 2.23. The largest absolute Gasteiger partial charge is 0.412 e. The SMILES string of the molecule is NC(=O)c1cccc(-c2cccc(OC(=O)NC3CCC(O)CC3)c2)c1.NC(=O)c1cccc(-c2cccc(OC(=O)NC3CCC(O)CC3)c2)c1.NC(=O)c1cccc(-c2cccc(OC(=O)NC3CCCCC3)c2)c1. The number of nitrogens with one attached hydrogen (secondary N) is 3. The molecule has 9 rings (SSSR count). The summed E-state index contributed by atoms with van der Waals surface area (Å²) < 4.78 is 16.2. The van der Waals surface area contributed by atoms with Crippen molar-refractivity contribution in [3.8, 4) is 50.6 Å². The van der Waals surface area contributed by atoms with E-state index < -0.39 is 36.0 Å². The molecule has 3 aliphatic rings. The Kier molecular flexibility index (Phi) is 20.3. The normalized spacial score (nSPS) is 18.0. The molecule has 17 nitrogen and oxygen atoms in total. The van der Waals surface area contributed by atoms with Gasteiger partial charge in [0, 0.05) is 34.8 Å². The van der Waals surface area contributed by atoms with E-state index in [0.717, 1.165) is 84.7 Å². The fraction of sp³-hybridized carbons (Fsp3) is 0.300. The molecule has 77 heavy (non-hydrogen) atoms. The minimum Gasteiger partial charge on any atom is -0.410 e. The van der Waals surface area contributed by atoms with Gasteiger partial charge in [-0.1, -0.05) is 92.1 Å². The van der Waals surface area contributed by atoms with E-state index in [-0.39, 0.29) is 30.3 Å². The summed E-state index contributed by atoms with van der Waals surface area (Å²) in [7, 11) is 0. The average molecular weight is 1050 g/mol. The number of aliphatic hydroxyl groups excluding tert-OH is 2.